The molecule has 9 aromatic rings. The summed E-state index contributed by atoms with van der Waals surface area (Å²) in [7, 11) is 0. The van der Waals surface area contributed by atoms with E-state index >= 15 is 0 Å². The summed E-state index contributed by atoms with van der Waals surface area (Å²) >= 11 is 1.99. The van der Waals surface area contributed by atoms with Crippen LogP contribution < -0.4 is 30.4 Å². The fraction of sp³-hybridized carbons (Fsp3) is 0.333. The Morgan fingerprint density at radius 1 is 0.442 bits per heavy atom. The highest BCUT2D eigenvalue weighted by atomic mass is 32.1. The first-order chi connectivity index (χ1) is 36.2. The van der Waals surface area contributed by atoms with Crippen LogP contribution in [0.4, 0.5) is 51.2 Å². The SMILES string of the molecule is CC(C)(C)c1ccc(N2c3ccc(C(C)(C)C)cc3B3c4sc5ccc(C(C)(C)C)cc5c4N(c4ccc(C(C)(C)C)cc4)c4cc(N(c5ccc6c(c5)C(C)(C)CCC6(C)C)c5ccc6ccccc6c5)cc2c43)cc1. The number of rotatable bonds is 5. The molecular weight excluding hydrogens is 950 g/mol. The summed E-state index contributed by atoms with van der Waals surface area (Å²) in [6.45, 7) is 37.8. The summed E-state index contributed by atoms with van der Waals surface area (Å²) < 4.78 is 2.72. The van der Waals surface area contributed by atoms with Gasteiger partial charge >= 0.3 is 0 Å². The van der Waals surface area contributed by atoms with Gasteiger partial charge in [0.2, 0.25) is 0 Å². The summed E-state index contributed by atoms with van der Waals surface area (Å²) in [4.78, 5) is 7.86. The molecule has 8 aromatic carbocycles. The summed E-state index contributed by atoms with van der Waals surface area (Å²) in [5, 5.41) is 3.78. The third-order valence-corrected chi connectivity index (χ3v) is 18.9. The molecular formula is C72H78BN3S. The molecule has 3 nitrogen and oxygen atoms in total. The number of hydrogen-bond acceptors (Lipinski definition) is 4. The Balaban J connectivity index is 1.23. The predicted molar refractivity (Wildman–Crippen MR) is 338 cm³/mol. The van der Waals surface area contributed by atoms with Gasteiger partial charge in [0, 0.05) is 54.7 Å². The highest BCUT2D eigenvalue weighted by molar-refractivity contribution is 7.33. The summed E-state index contributed by atoms with van der Waals surface area (Å²) in [5.74, 6) is 0. The largest absolute Gasteiger partial charge is 0.311 e. The molecule has 390 valence electrons. The molecule has 0 amide bonds. The molecule has 0 saturated carbocycles. The van der Waals surface area contributed by atoms with Gasteiger partial charge in [0.15, 0.2) is 0 Å². The van der Waals surface area contributed by atoms with Crippen molar-refractivity contribution < 1.29 is 0 Å². The van der Waals surface area contributed by atoms with Crippen LogP contribution in [-0.4, -0.2) is 6.71 Å². The van der Waals surface area contributed by atoms with Crippen LogP contribution in [0.3, 0.4) is 0 Å². The molecule has 0 saturated heterocycles. The second kappa shape index (κ2) is 17.5. The van der Waals surface area contributed by atoms with E-state index in [-0.39, 0.29) is 39.2 Å². The van der Waals surface area contributed by atoms with E-state index in [9.17, 15) is 0 Å². The monoisotopic (exact) mass is 1030 g/mol. The highest BCUT2D eigenvalue weighted by Crippen LogP contribution is 2.53. The van der Waals surface area contributed by atoms with Gasteiger partial charge in [-0.2, -0.15) is 0 Å². The predicted octanol–water partition coefficient (Wildman–Crippen LogP) is 19.1. The Kier molecular flexibility index (Phi) is 11.6. The molecule has 2 aliphatic heterocycles. The molecule has 1 aromatic heterocycles. The summed E-state index contributed by atoms with van der Waals surface area (Å²) in [6, 6.07) is 62.2. The molecule has 0 spiro atoms. The molecule has 0 N–H and O–H groups in total. The van der Waals surface area contributed by atoms with Crippen LogP contribution in [0.25, 0.3) is 20.9 Å². The Hall–Kier alpha value is -6.56. The number of benzene rings is 8. The minimum absolute atomic E-state index is 0.00295. The Morgan fingerprint density at radius 2 is 0.948 bits per heavy atom. The van der Waals surface area contributed by atoms with Crippen molar-refractivity contribution >= 4 is 106 Å². The van der Waals surface area contributed by atoms with Crippen molar-refractivity contribution in [3.8, 4) is 0 Å². The lowest BCUT2D eigenvalue weighted by Crippen LogP contribution is -2.60. The van der Waals surface area contributed by atoms with Gasteiger partial charge < -0.3 is 14.7 Å². The molecule has 77 heavy (non-hydrogen) atoms. The van der Waals surface area contributed by atoms with E-state index in [0.717, 1.165) is 23.5 Å². The average Bonchev–Trinajstić information content (AvgIpc) is 3.89. The van der Waals surface area contributed by atoms with Crippen molar-refractivity contribution in [2.24, 2.45) is 0 Å². The topological polar surface area (TPSA) is 9.72 Å². The maximum absolute atomic E-state index is 2.67. The van der Waals surface area contributed by atoms with Crippen molar-refractivity contribution in [2.75, 3.05) is 14.7 Å². The first-order valence-electron chi connectivity index (χ1n) is 28.3. The van der Waals surface area contributed by atoms with Crippen molar-refractivity contribution in [3.05, 3.63) is 191 Å². The van der Waals surface area contributed by atoms with E-state index in [1.54, 1.807) is 0 Å². The number of anilines is 9. The van der Waals surface area contributed by atoms with Crippen LogP contribution in [-0.2, 0) is 32.5 Å². The average molecular weight is 1030 g/mol. The summed E-state index contributed by atoms with van der Waals surface area (Å²) in [6.07, 6.45) is 2.32. The van der Waals surface area contributed by atoms with Crippen LogP contribution in [0.15, 0.2) is 158 Å². The highest BCUT2D eigenvalue weighted by Gasteiger charge is 2.47. The van der Waals surface area contributed by atoms with Gasteiger partial charge in [0.1, 0.15) is 0 Å². The fourth-order valence-electron chi connectivity index (χ4n) is 12.8. The van der Waals surface area contributed by atoms with Crippen molar-refractivity contribution in [2.45, 2.75) is 156 Å². The van der Waals surface area contributed by atoms with E-state index in [0.29, 0.717) is 0 Å². The Bertz CT molecular complexity index is 3810. The van der Waals surface area contributed by atoms with Crippen LogP contribution in [0, 0.1) is 0 Å². The van der Waals surface area contributed by atoms with E-state index in [2.05, 4.69) is 283 Å². The van der Waals surface area contributed by atoms with Gasteiger partial charge in [-0.1, -0.05) is 190 Å². The maximum Gasteiger partial charge on any atom is 0.264 e. The van der Waals surface area contributed by atoms with Gasteiger partial charge in [-0.3, -0.25) is 0 Å². The zero-order valence-electron chi connectivity index (χ0n) is 48.8. The van der Waals surface area contributed by atoms with E-state index in [4.69, 9.17) is 0 Å². The first kappa shape index (κ1) is 51.2. The number of nitrogens with zero attached hydrogens (tertiary/aromatic N) is 3. The van der Waals surface area contributed by atoms with E-state index in [1.807, 2.05) is 11.3 Å². The normalized spacial score (nSPS) is 15.8. The lowest BCUT2D eigenvalue weighted by molar-refractivity contribution is 0.332. The third kappa shape index (κ3) is 8.62. The maximum atomic E-state index is 2.67. The van der Waals surface area contributed by atoms with Crippen LogP contribution in [0.1, 0.15) is 157 Å². The zero-order valence-corrected chi connectivity index (χ0v) is 49.6. The second-order valence-electron chi connectivity index (χ2n) is 28.3. The van der Waals surface area contributed by atoms with Gasteiger partial charge in [-0.25, -0.2) is 0 Å². The molecule has 0 bridgehead atoms. The standard InChI is InChI=1S/C72H78BN3S/c1-67(2,3)47-22-29-51(30-23-47)75-60-35-26-50(70(10,11)12)41-59(60)73-64-61(75)43-55(74(53-28-21-45-19-17-18-20-46(45)39-53)54-33-34-57-58(42-54)72(15,16)38-37-71(57,13)14)44-62(64)76(52-31-24-48(25-32-52)68(4,5)6)65-56-40-49(69(7,8)9)27-36-63(56)77-66(65)73/h17-36,39-44H,37-38H2,1-16H3. The van der Waals surface area contributed by atoms with Crippen molar-refractivity contribution in [3.63, 3.8) is 0 Å². The number of fused-ring (bicyclic) bond motifs is 8. The molecule has 0 unspecified atom stereocenters. The minimum Gasteiger partial charge on any atom is -0.311 e. The molecule has 1 aliphatic carbocycles. The zero-order chi connectivity index (χ0) is 54.5. The van der Waals surface area contributed by atoms with Crippen LogP contribution in [0.2, 0.25) is 0 Å². The van der Waals surface area contributed by atoms with Gasteiger partial charge in [-0.05, 0) is 179 Å². The van der Waals surface area contributed by atoms with Crippen molar-refractivity contribution in [1.82, 2.24) is 0 Å². The molecule has 0 atom stereocenters. The molecule has 0 fully saturated rings. The van der Waals surface area contributed by atoms with Crippen LogP contribution in [0.5, 0.6) is 0 Å². The first-order valence-corrected chi connectivity index (χ1v) is 29.1. The van der Waals surface area contributed by atoms with Gasteiger partial charge in [-0.15, -0.1) is 11.3 Å². The lowest BCUT2D eigenvalue weighted by atomic mass is 9.36. The van der Waals surface area contributed by atoms with Crippen molar-refractivity contribution in [1.29, 1.82) is 0 Å². The third-order valence-electron chi connectivity index (χ3n) is 17.7. The van der Waals surface area contributed by atoms with Crippen LogP contribution >= 0.6 is 11.3 Å². The van der Waals surface area contributed by atoms with Gasteiger partial charge in [0.25, 0.3) is 6.71 Å². The smallest absolute Gasteiger partial charge is 0.264 e. The Morgan fingerprint density at radius 3 is 1.56 bits per heavy atom. The molecule has 12 rings (SSSR count). The fourth-order valence-corrected chi connectivity index (χ4v) is 14.1. The Labute approximate surface area is 465 Å². The lowest BCUT2D eigenvalue weighted by Gasteiger charge is -2.45. The molecule has 3 aliphatic rings. The molecule has 3 heterocycles. The number of hydrogen-bond donors (Lipinski definition) is 0. The quantitative estimate of drug-likeness (QED) is 0.159. The number of thiophene rings is 1. The molecule has 5 heteroatoms. The van der Waals surface area contributed by atoms with Gasteiger partial charge in [0.05, 0.1) is 11.4 Å². The minimum atomic E-state index is -0.0553. The molecule has 0 radical (unpaired) electrons. The van der Waals surface area contributed by atoms with E-state index < -0.39 is 0 Å². The van der Waals surface area contributed by atoms with E-state index in [1.165, 1.54) is 110 Å². The summed E-state index contributed by atoms with van der Waals surface area (Å²) in [5.41, 5.74) is 21.7. The second-order valence-corrected chi connectivity index (χ2v) is 29.3.